The summed E-state index contributed by atoms with van der Waals surface area (Å²) >= 11 is 7.41. The second-order valence-corrected chi connectivity index (χ2v) is 9.92. The van der Waals surface area contributed by atoms with E-state index in [2.05, 4.69) is 5.32 Å². The highest BCUT2D eigenvalue weighted by Crippen LogP contribution is 2.24. The Morgan fingerprint density at radius 2 is 1.61 bits per heavy atom. The molecule has 0 atom stereocenters. The largest absolute Gasteiger partial charge is 0.354 e. The summed E-state index contributed by atoms with van der Waals surface area (Å²) in [7, 11) is -4.01. The van der Waals surface area contributed by atoms with Gasteiger partial charge in [-0.2, -0.15) is 0 Å². The molecule has 3 aromatic rings. The van der Waals surface area contributed by atoms with Crippen LogP contribution in [0, 0.1) is 5.82 Å². The first kappa shape index (κ1) is 23.1. The number of benzene rings is 3. The van der Waals surface area contributed by atoms with Crippen LogP contribution in [-0.2, 0) is 14.8 Å². The molecule has 9 heteroatoms. The predicted octanol–water partition coefficient (Wildman–Crippen LogP) is 4.58. The zero-order valence-corrected chi connectivity index (χ0v) is 18.8. The molecular weight excluding hydrogens is 459 g/mol. The van der Waals surface area contributed by atoms with Crippen molar-refractivity contribution in [3.63, 3.8) is 0 Å². The number of carbonyl (C=O) groups excluding carboxylic acids is 1. The van der Waals surface area contributed by atoms with Gasteiger partial charge in [-0.1, -0.05) is 29.8 Å². The zero-order valence-electron chi connectivity index (χ0n) is 16.4. The van der Waals surface area contributed by atoms with Crippen LogP contribution < -0.4 is 9.62 Å². The molecule has 0 bridgehead atoms. The molecule has 31 heavy (non-hydrogen) atoms. The van der Waals surface area contributed by atoms with Gasteiger partial charge in [-0.15, -0.1) is 11.8 Å². The molecule has 0 spiro atoms. The Morgan fingerprint density at radius 3 is 2.26 bits per heavy atom. The van der Waals surface area contributed by atoms with E-state index in [9.17, 15) is 17.6 Å². The molecule has 162 valence electrons. The van der Waals surface area contributed by atoms with E-state index in [1.54, 1.807) is 42.1 Å². The van der Waals surface area contributed by atoms with Gasteiger partial charge in [0.1, 0.15) is 12.4 Å². The van der Waals surface area contributed by atoms with Crippen LogP contribution in [0.3, 0.4) is 0 Å². The standard InChI is InChI=1S/C22H20ClFN2O3S2/c23-17-6-12-20(13-7-17)30-15-14-25-22(27)16-26(19-10-8-18(24)9-11-19)31(28,29)21-4-2-1-3-5-21/h1-13H,14-16H2,(H,25,27). The zero-order chi connectivity index (χ0) is 22.3. The van der Waals surface area contributed by atoms with Gasteiger partial charge >= 0.3 is 0 Å². The van der Waals surface area contributed by atoms with Gasteiger partial charge in [-0.3, -0.25) is 9.10 Å². The molecular formula is C22H20ClFN2O3S2. The van der Waals surface area contributed by atoms with Crippen molar-refractivity contribution < 1.29 is 17.6 Å². The molecule has 3 aromatic carbocycles. The summed E-state index contributed by atoms with van der Waals surface area (Å²) in [6, 6.07) is 20.1. The lowest BCUT2D eigenvalue weighted by Gasteiger charge is -2.24. The molecule has 0 radical (unpaired) electrons. The van der Waals surface area contributed by atoms with Gasteiger partial charge < -0.3 is 5.32 Å². The molecule has 0 aliphatic rings. The summed E-state index contributed by atoms with van der Waals surface area (Å²) in [4.78, 5) is 13.6. The molecule has 1 N–H and O–H groups in total. The lowest BCUT2D eigenvalue weighted by Crippen LogP contribution is -2.41. The maximum absolute atomic E-state index is 13.3. The van der Waals surface area contributed by atoms with Gasteiger partial charge in [0.25, 0.3) is 10.0 Å². The van der Waals surface area contributed by atoms with Gasteiger partial charge in [0.15, 0.2) is 0 Å². The lowest BCUT2D eigenvalue weighted by atomic mass is 10.3. The number of hydrogen-bond acceptors (Lipinski definition) is 4. The molecule has 3 rings (SSSR count). The average Bonchev–Trinajstić information content (AvgIpc) is 2.77. The van der Waals surface area contributed by atoms with Crippen molar-refractivity contribution in [1.82, 2.24) is 5.32 Å². The molecule has 5 nitrogen and oxygen atoms in total. The topological polar surface area (TPSA) is 66.5 Å². The third-order valence-electron chi connectivity index (χ3n) is 4.24. The minimum Gasteiger partial charge on any atom is -0.354 e. The van der Waals surface area contributed by atoms with Crippen LogP contribution in [0.25, 0.3) is 0 Å². The van der Waals surface area contributed by atoms with Crippen LogP contribution in [0.1, 0.15) is 0 Å². The first-order valence-corrected chi connectivity index (χ1v) is 12.1. The highest BCUT2D eigenvalue weighted by atomic mass is 35.5. The fourth-order valence-electron chi connectivity index (χ4n) is 2.72. The second kappa shape index (κ2) is 10.7. The molecule has 0 unspecified atom stereocenters. The summed E-state index contributed by atoms with van der Waals surface area (Å²) in [6.07, 6.45) is 0. The van der Waals surface area contributed by atoms with Crippen molar-refractivity contribution in [2.24, 2.45) is 0 Å². The Balaban J connectivity index is 1.67. The van der Waals surface area contributed by atoms with Crippen molar-refractivity contribution in [2.75, 3.05) is 23.1 Å². The smallest absolute Gasteiger partial charge is 0.264 e. The van der Waals surface area contributed by atoms with Crippen molar-refractivity contribution in [2.45, 2.75) is 9.79 Å². The second-order valence-electron chi connectivity index (χ2n) is 6.45. The van der Waals surface area contributed by atoms with Gasteiger partial charge in [-0.05, 0) is 60.7 Å². The number of carbonyl (C=O) groups is 1. The van der Waals surface area contributed by atoms with Crippen LogP contribution in [-0.4, -0.2) is 33.2 Å². The maximum Gasteiger partial charge on any atom is 0.264 e. The molecule has 0 fully saturated rings. The summed E-state index contributed by atoms with van der Waals surface area (Å²) in [5.41, 5.74) is 0.205. The van der Waals surface area contributed by atoms with Gasteiger partial charge in [0.2, 0.25) is 5.91 Å². The van der Waals surface area contributed by atoms with Gasteiger partial charge in [0.05, 0.1) is 10.6 Å². The van der Waals surface area contributed by atoms with Gasteiger partial charge in [-0.25, -0.2) is 12.8 Å². The van der Waals surface area contributed by atoms with E-state index in [0.29, 0.717) is 17.3 Å². The summed E-state index contributed by atoms with van der Waals surface area (Å²) in [5.74, 6) is -0.347. The quantitative estimate of drug-likeness (QED) is 0.361. The molecule has 0 heterocycles. The van der Waals surface area contributed by atoms with Crippen LogP contribution in [0.2, 0.25) is 5.02 Å². The van der Waals surface area contributed by atoms with E-state index in [-0.39, 0.29) is 10.6 Å². The Bertz CT molecular complexity index is 1110. The molecule has 0 saturated heterocycles. The Morgan fingerprint density at radius 1 is 0.968 bits per heavy atom. The SMILES string of the molecule is O=C(CN(c1ccc(F)cc1)S(=O)(=O)c1ccccc1)NCCSc1ccc(Cl)cc1. The Labute approximate surface area is 190 Å². The van der Waals surface area contributed by atoms with Crippen molar-refractivity contribution in [3.8, 4) is 0 Å². The molecule has 1 amide bonds. The van der Waals surface area contributed by atoms with E-state index < -0.39 is 28.3 Å². The molecule has 0 aromatic heterocycles. The number of hydrogen-bond donors (Lipinski definition) is 1. The van der Waals surface area contributed by atoms with Crippen molar-refractivity contribution in [1.29, 1.82) is 0 Å². The monoisotopic (exact) mass is 478 g/mol. The van der Waals surface area contributed by atoms with Gasteiger partial charge in [0, 0.05) is 22.2 Å². The first-order chi connectivity index (χ1) is 14.9. The predicted molar refractivity (Wildman–Crippen MR) is 123 cm³/mol. The van der Waals surface area contributed by atoms with E-state index >= 15 is 0 Å². The van der Waals surface area contributed by atoms with Crippen LogP contribution >= 0.6 is 23.4 Å². The Kier molecular flexibility index (Phi) is 7.95. The van der Waals surface area contributed by atoms with Crippen LogP contribution in [0.15, 0.2) is 88.7 Å². The minimum absolute atomic E-state index is 0.0467. The van der Waals surface area contributed by atoms with E-state index in [1.165, 1.54) is 24.3 Å². The number of anilines is 1. The van der Waals surface area contributed by atoms with E-state index in [0.717, 1.165) is 21.3 Å². The molecule has 0 saturated carbocycles. The number of amides is 1. The third-order valence-corrected chi connectivity index (χ3v) is 7.29. The van der Waals surface area contributed by atoms with E-state index in [1.807, 2.05) is 12.1 Å². The minimum atomic E-state index is -4.01. The van der Waals surface area contributed by atoms with Crippen LogP contribution in [0.5, 0.6) is 0 Å². The summed E-state index contributed by atoms with van der Waals surface area (Å²) < 4.78 is 40.6. The Hall–Kier alpha value is -2.55. The van der Waals surface area contributed by atoms with Crippen molar-refractivity contribution >= 4 is 45.0 Å². The normalized spacial score (nSPS) is 11.2. The third kappa shape index (κ3) is 6.46. The lowest BCUT2D eigenvalue weighted by molar-refractivity contribution is -0.119. The fourth-order valence-corrected chi connectivity index (χ4v) is 5.05. The summed E-state index contributed by atoms with van der Waals surface area (Å²) in [5, 5.41) is 3.38. The number of rotatable bonds is 9. The summed E-state index contributed by atoms with van der Waals surface area (Å²) in [6.45, 7) is -0.0662. The first-order valence-electron chi connectivity index (χ1n) is 9.35. The van der Waals surface area contributed by atoms with E-state index in [4.69, 9.17) is 11.6 Å². The van der Waals surface area contributed by atoms with Crippen LogP contribution in [0.4, 0.5) is 10.1 Å². The highest BCUT2D eigenvalue weighted by Gasteiger charge is 2.27. The number of nitrogens with one attached hydrogen (secondary N) is 1. The number of nitrogens with zero attached hydrogens (tertiary/aromatic N) is 1. The number of halogens is 2. The van der Waals surface area contributed by atoms with Crippen molar-refractivity contribution in [3.05, 3.63) is 89.7 Å². The number of thioether (sulfide) groups is 1. The number of sulfonamides is 1. The average molecular weight is 479 g/mol. The fraction of sp³-hybridized carbons (Fsp3) is 0.136. The maximum atomic E-state index is 13.3. The molecule has 0 aliphatic carbocycles. The highest BCUT2D eigenvalue weighted by molar-refractivity contribution is 7.99. The molecule has 0 aliphatic heterocycles.